The second-order valence-electron chi connectivity index (χ2n) is 5.20. The van der Waals surface area contributed by atoms with E-state index in [0.29, 0.717) is 16.3 Å². The molecule has 1 heterocycles. The van der Waals surface area contributed by atoms with Gasteiger partial charge in [0.25, 0.3) is 5.56 Å². The molecule has 24 heavy (non-hydrogen) atoms. The minimum atomic E-state index is -0.492. The molecule has 3 aromatic rings. The molecule has 2 aromatic carbocycles. The fourth-order valence-electron chi connectivity index (χ4n) is 2.29. The Morgan fingerprint density at radius 2 is 1.88 bits per heavy atom. The van der Waals surface area contributed by atoms with Gasteiger partial charge in [0.1, 0.15) is 11.6 Å². The van der Waals surface area contributed by atoms with E-state index in [4.69, 9.17) is 11.6 Å². The Balaban J connectivity index is 2.10. The number of para-hydroxylation sites is 1. The van der Waals surface area contributed by atoms with E-state index < -0.39 is 5.56 Å². The van der Waals surface area contributed by atoms with Crippen molar-refractivity contribution < 1.29 is 0 Å². The van der Waals surface area contributed by atoms with E-state index in [2.05, 4.69) is 15.3 Å². The molecule has 1 aromatic heterocycles. The molecule has 0 aliphatic carbocycles. The molecule has 5 nitrogen and oxygen atoms in total. The Kier molecular flexibility index (Phi) is 4.32. The third-order valence-electron chi connectivity index (χ3n) is 3.55. The monoisotopic (exact) mass is 336 g/mol. The SMILES string of the molecule is Cc1ccccc1Nc1nc(-c2ccc(Cl)cc2)c(C#N)c(=O)[nH]1. The van der Waals surface area contributed by atoms with Crippen molar-refractivity contribution in [2.45, 2.75) is 6.92 Å². The molecule has 0 amide bonds. The molecule has 2 N–H and O–H groups in total. The third kappa shape index (κ3) is 3.14. The van der Waals surface area contributed by atoms with Crippen LogP contribution in [0.2, 0.25) is 5.02 Å². The summed E-state index contributed by atoms with van der Waals surface area (Å²) in [6, 6.07) is 16.4. The zero-order valence-electron chi connectivity index (χ0n) is 12.8. The molecule has 0 aliphatic rings. The van der Waals surface area contributed by atoms with Gasteiger partial charge in [-0.05, 0) is 30.7 Å². The van der Waals surface area contributed by atoms with Crippen LogP contribution in [0, 0.1) is 18.3 Å². The van der Waals surface area contributed by atoms with E-state index in [1.165, 1.54) is 0 Å². The highest BCUT2D eigenvalue weighted by Gasteiger charge is 2.13. The Labute approximate surface area is 143 Å². The predicted octanol–water partition coefficient (Wildman–Crippen LogP) is 4.01. The first-order valence-electron chi connectivity index (χ1n) is 7.21. The Morgan fingerprint density at radius 3 is 2.54 bits per heavy atom. The number of hydrogen-bond donors (Lipinski definition) is 2. The molecule has 0 spiro atoms. The summed E-state index contributed by atoms with van der Waals surface area (Å²) in [6.07, 6.45) is 0. The normalized spacial score (nSPS) is 10.2. The van der Waals surface area contributed by atoms with Crippen LogP contribution >= 0.6 is 11.6 Å². The maximum absolute atomic E-state index is 12.2. The van der Waals surface area contributed by atoms with Crippen LogP contribution in [0.25, 0.3) is 11.3 Å². The highest BCUT2D eigenvalue weighted by Crippen LogP contribution is 2.23. The van der Waals surface area contributed by atoms with Crippen LogP contribution < -0.4 is 10.9 Å². The number of anilines is 2. The molecule has 0 fully saturated rings. The fraction of sp³-hybridized carbons (Fsp3) is 0.0556. The summed E-state index contributed by atoms with van der Waals surface area (Å²) in [7, 11) is 0. The molecule has 0 saturated heterocycles. The van der Waals surface area contributed by atoms with Crippen LogP contribution in [0.4, 0.5) is 11.6 Å². The molecule has 0 bridgehead atoms. The number of H-pyrrole nitrogens is 1. The molecule has 0 radical (unpaired) electrons. The van der Waals surface area contributed by atoms with Crippen molar-refractivity contribution >= 4 is 23.2 Å². The van der Waals surface area contributed by atoms with Gasteiger partial charge in [-0.3, -0.25) is 9.78 Å². The largest absolute Gasteiger partial charge is 0.325 e. The summed E-state index contributed by atoms with van der Waals surface area (Å²) in [5, 5.41) is 12.9. The van der Waals surface area contributed by atoms with Crippen molar-refractivity contribution in [1.29, 1.82) is 5.26 Å². The summed E-state index contributed by atoms with van der Waals surface area (Å²) in [6.45, 7) is 1.95. The third-order valence-corrected chi connectivity index (χ3v) is 3.80. The lowest BCUT2D eigenvalue weighted by molar-refractivity contribution is 1.11. The van der Waals surface area contributed by atoms with Crippen LogP contribution in [0.3, 0.4) is 0 Å². The van der Waals surface area contributed by atoms with Gasteiger partial charge in [-0.25, -0.2) is 4.98 Å². The molecule has 0 unspecified atom stereocenters. The van der Waals surface area contributed by atoms with E-state index in [9.17, 15) is 10.1 Å². The Hall–Kier alpha value is -3.10. The van der Waals surface area contributed by atoms with E-state index >= 15 is 0 Å². The molecule has 0 aliphatic heterocycles. The highest BCUT2D eigenvalue weighted by molar-refractivity contribution is 6.30. The van der Waals surface area contributed by atoms with Gasteiger partial charge in [0.15, 0.2) is 0 Å². The minimum absolute atomic E-state index is 0.0346. The first-order valence-corrected chi connectivity index (χ1v) is 7.59. The second-order valence-corrected chi connectivity index (χ2v) is 5.63. The van der Waals surface area contributed by atoms with Gasteiger partial charge in [-0.1, -0.05) is 41.9 Å². The van der Waals surface area contributed by atoms with Crippen molar-refractivity contribution in [3.8, 4) is 17.3 Å². The molecule has 0 saturated carbocycles. The maximum Gasteiger partial charge on any atom is 0.270 e. The number of hydrogen-bond acceptors (Lipinski definition) is 4. The number of halogens is 1. The molecule has 0 atom stereocenters. The zero-order chi connectivity index (χ0) is 17.1. The van der Waals surface area contributed by atoms with E-state index in [1.807, 2.05) is 37.3 Å². The van der Waals surface area contributed by atoms with Crippen molar-refractivity contribution in [1.82, 2.24) is 9.97 Å². The predicted molar refractivity (Wildman–Crippen MR) is 94.5 cm³/mol. The maximum atomic E-state index is 12.2. The lowest BCUT2D eigenvalue weighted by atomic mass is 10.1. The van der Waals surface area contributed by atoms with Crippen molar-refractivity contribution in [3.63, 3.8) is 0 Å². The number of nitrogens with zero attached hydrogens (tertiary/aromatic N) is 2. The van der Waals surface area contributed by atoms with Crippen molar-refractivity contribution in [2.24, 2.45) is 0 Å². The summed E-state index contributed by atoms with van der Waals surface area (Å²) in [4.78, 5) is 19.2. The summed E-state index contributed by atoms with van der Waals surface area (Å²) in [5.74, 6) is 0.276. The van der Waals surface area contributed by atoms with Crippen molar-refractivity contribution in [3.05, 3.63) is 75.0 Å². The average Bonchev–Trinajstić information content (AvgIpc) is 2.57. The van der Waals surface area contributed by atoms with E-state index in [-0.39, 0.29) is 11.5 Å². The standard InChI is InChI=1S/C18H13ClN4O/c1-11-4-2-3-5-15(11)21-18-22-16(14(10-20)17(24)23-18)12-6-8-13(19)9-7-12/h2-9H,1H3,(H2,21,22,23,24). The lowest BCUT2D eigenvalue weighted by Gasteiger charge is -2.10. The number of nitrogens with one attached hydrogen (secondary N) is 2. The number of aromatic amines is 1. The van der Waals surface area contributed by atoms with Gasteiger partial charge >= 0.3 is 0 Å². The van der Waals surface area contributed by atoms with E-state index in [1.54, 1.807) is 24.3 Å². The summed E-state index contributed by atoms with van der Waals surface area (Å²) in [5.41, 5.74) is 2.27. The van der Waals surface area contributed by atoms with Gasteiger partial charge in [-0.15, -0.1) is 0 Å². The van der Waals surface area contributed by atoms with Crippen LogP contribution in [0.5, 0.6) is 0 Å². The van der Waals surface area contributed by atoms with Gasteiger partial charge < -0.3 is 5.32 Å². The highest BCUT2D eigenvalue weighted by atomic mass is 35.5. The molecule has 3 rings (SSSR count). The van der Waals surface area contributed by atoms with Crippen LogP contribution in [-0.2, 0) is 0 Å². The number of rotatable bonds is 3. The minimum Gasteiger partial charge on any atom is -0.325 e. The topological polar surface area (TPSA) is 81.6 Å². The number of benzene rings is 2. The Bertz CT molecular complexity index is 987. The number of aromatic nitrogens is 2. The average molecular weight is 337 g/mol. The second kappa shape index (κ2) is 6.57. The summed E-state index contributed by atoms with van der Waals surface area (Å²) >= 11 is 5.89. The first-order chi connectivity index (χ1) is 11.6. The van der Waals surface area contributed by atoms with Gasteiger partial charge in [0, 0.05) is 16.3 Å². The first kappa shape index (κ1) is 15.8. The molecular formula is C18H13ClN4O. The van der Waals surface area contributed by atoms with Gasteiger partial charge in [0.2, 0.25) is 5.95 Å². The molecule has 118 valence electrons. The quantitative estimate of drug-likeness (QED) is 0.757. The van der Waals surface area contributed by atoms with Crippen LogP contribution in [0.15, 0.2) is 53.3 Å². The van der Waals surface area contributed by atoms with Gasteiger partial charge in [-0.2, -0.15) is 5.26 Å². The fourth-order valence-corrected chi connectivity index (χ4v) is 2.42. The lowest BCUT2D eigenvalue weighted by Crippen LogP contribution is -2.16. The van der Waals surface area contributed by atoms with Crippen LogP contribution in [-0.4, -0.2) is 9.97 Å². The van der Waals surface area contributed by atoms with Crippen molar-refractivity contribution in [2.75, 3.05) is 5.32 Å². The number of aryl methyl sites for hydroxylation is 1. The number of nitriles is 1. The smallest absolute Gasteiger partial charge is 0.270 e. The Morgan fingerprint density at radius 1 is 1.17 bits per heavy atom. The van der Waals surface area contributed by atoms with Gasteiger partial charge in [0.05, 0.1) is 5.69 Å². The van der Waals surface area contributed by atoms with E-state index in [0.717, 1.165) is 11.3 Å². The molecular weight excluding hydrogens is 324 g/mol. The summed E-state index contributed by atoms with van der Waals surface area (Å²) < 4.78 is 0. The zero-order valence-corrected chi connectivity index (χ0v) is 13.6. The van der Waals surface area contributed by atoms with Crippen LogP contribution in [0.1, 0.15) is 11.1 Å². The molecule has 6 heteroatoms.